The minimum Gasteiger partial charge on any atom is -0.445 e. The lowest BCUT2D eigenvalue weighted by atomic mass is 9.99. The van der Waals surface area contributed by atoms with E-state index < -0.39 is 0 Å². The fourth-order valence-corrected chi connectivity index (χ4v) is 4.88. The van der Waals surface area contributed by atoms with Crippen LogP contribution in [0.5, 0.6) is 0 Å². The van der Waals surface area contributed by atoms with Crippen LogP contribution < -0.4 is 0 Å². The van der Waals surface area contributed by atoms with Crippen molar-refractivity contribution in [3.8, 4) is 0 Å². The summed E-state index contributed by atoms with van der Waals surface area (Å²) in [5.41, 5.74) is 6.79. The molecule has 0 saturated carbocycles. The molecule has 3 aromatic rings. The number of ether oxygens (including phenoxy) is 1. The van der Waals surface area contributed by atoms with E-state index in [2.05, 4.69) is 29.7 Å². The molecule has 4 nitrogen and oxygen atoms in total. The lowest BCUT2D eigenvalue weighted by Gasteiger charge is -2.25. The standard InChI is InChI=1S/C24H26N2O2/c1-17-10-11-19-8-5-9-21-20-12-14-25(15-13-22(20)26(17)23(19)21)24(27)28-16-18-6-3-2-4-7-18/h2-9,17H,10-16H2,1H3. The van der Waals surface area contributed by atoms with E-state index in [1.807, 2.05) is 35.2 Å². The minimum absolute atomic E-state index is 0.203. The second kappa shape index (κ2) is 7.01. The van der Waals surface area contributed by atoms with Gasteiger partial charge >= 0.3 is 6.09 Å². The number of carbonyl (C=O) groups is 1. The van der Waals surface area contributed by atoms with Gasteiger partial charge in [-0.25, -0.2) is 4.79 Å². The first-order valence-electron chi connectivity index (χ1n) is 10.3. The summed E-state index contributed by atoms with van der Waals surface area (Å²) >= 11 is 0. The molecule has 1 unspecified atom stereocenters. The number of fused-ring (bicyclic) bond motifs is 3. The molecule has 1 aromatic heterocycles. The smallest absolute Gasteiger partial charge is 0.410 e. The fourth-order valence-electron chi connectivity index (χ4n) is 4.88. The molecule has 0 N–H and O–H groups in total. The molecule has 0 aliphatic carbocycles. The summed E-state index contributed by atoms with van der Waals surface area (Å²) < 4.78 is 8.13. The topological polar surface area (TPSA) is 34.5 Å². The van der Waals surface area contributed by atoms with Crippen molar-refractivity contribution in [2.45, 2.75) is 45.3 Å². The van der Waals surface area contributed by atoms with Gasteiger partial charge < -0.3 is 14.2 Å². The molecule has 2 aliphatic heterocycles. The third-order valence-corrected chi connectivity index (χ3v) is 6.31. The van der Waals surface area contributed by atoms with Crippen molar-refractivity contribution >= 4 is 17.0 Å². The first kappa shape index (κ1) is 17.4. The number of aromatic nitrogens is 1. The van der Waals surface area contributed by atoms with Gasteiger partial charge in [-0.15, -0.1) is 0 Å². The zero-order chi connectivity index (χ0) is 19.1. The highest BCUT2D eigenvalue weighted by Crippen LogP contribution is 2.38. The van der Waals surface area contributed by atoms with Crippen LogP contribution in [0, 0.1) is 0 Å². The summed E-state index contributed by atoms with van der Waals surface area (Å²) in [6.45, 7) is 4.10. The number of rotatable bonds is 2. The van der Waals surface area contributed by atoms with Crippen LogP contribution in [0.1, 0.15) is 41.8 Å². The summed E-state index contributed by atoms with van der Waals surface area (Å²) in [7, 11) is 0. The highest BCUT2D eigenvalue weighted by molar-refractivity contribution is 5.89. The van der Waals surface area contributed by atoms with Crippen LogP contribution in [0.25, 0.3) is 10.9 Å². The summed E-state index contributed by atoms with van der Waals surface area (Å²) in [4.78, 5) is 14.5. The predicted molar refractivity (Wildman–Crippen MR) is 111 cm³/mol. The summed E-state index contributed by atoms with van der Waals surface area (Å²) in [5.74, 6) is 0. The maximum Gasteiger partial charge on any atom is 0.410 e. The Bertz CT molecular complexity index is 1020. The van der Waals surface area contributed by atoms with Gasteiger partial charge in [0, 0.05) is 36.6 Å². The molecule has 4 heteroatoms. The van der Waals surface area contributed by atoms with Crippen molar-refractivity contribution in [1.29, 1.82) is 0 Å². The summed E-state index contributed by atoms with van der Waals surface area (Å²) in [6, 6.07) is 17.1. The van der Waals surface area contributed by atoms with Gasteiger partial charge in [0.05, 0.1) is 5.52 Å². The molecule has 0 saturated heterocycles. The molecule has 1 amide bonds. The summed E-state index contributed by atoms with van der Waals surface area (Å²) in [6.07, 6.45) is 3.95. The number of hydrogen-bond donors (Lipinski definition) is 0. The molecule has 5 rings (SSSR count). The lowest BCUT2D eigenvalue weighted by molar-refractivity contribution is 0.0976. The third-order valence-electron chi connectivity index (χ3n) is 6.31. The molecule has 28 heavy (non-hydrogen) atoms. The average Bonchev–Trinajstić information content (AvgIpc) is 2.90. The monoisotopic (exact) mass is 374 g/mol. The maximum atomic E-state index is 12.6. The molecule has 0 radical (unpaired) electrons. The van der Waals surface area contributed by atoms with Gasteiger partial charge in [-0.3, -0.25) is 0 Å². The molecular formula is C24H26N2O2. The van der Waals surface area contributed by atoms with E-state index in [1.54, 1.807) is 0 Å². The SMILES string of the molecule is CC1CCc2cccc3c4c(n1c23)CCN(C(=O)OCc1ccccc1)CC4. The Morgan fingerprint density at radius 3 is 2.71 bits per heavy atom. The van der Waals surface area contributed by atoms with Crippen molar-refractivity contribution in [2.75, 3.05) is 13.1 Å². The van der Waals surface area contributed by atoms with Gasteiger partial charge in [-0.2, -0.15) is 0 Å². The highest BCUT2D eigenvalue weighted by Gasteiger charge is 2.29. The van der Waals surface area contributed by atoms with E-state index in [-0.39, 0.29) is 6.09 Å². The van der Waals surface area contributed by atoms with E-state index in [4.69, 9.17) is 4.74 Å². The Morgan fingerprint density at radius 1 is 1.04 bits per heavy atom. The number of para-hydroxylation sites is 1. The Morgan fingerprint density at radius 2 is 1.86 bits per heavy atom. The van der Waals surface area contributed by atoms with Crippen LogP contribution in [0.3, 0.4) is 0 Å². The number of carbonyl (C=O) groups excluding carboxylic acids is 1. The number of aryl methyl sites for hydroxylation is 1. The third kappa shape index (κ3) is 2.88. The second-order valence-electron chi connectivity index (χ2n) is 8.02. The van der Waals surface area contributed by atoms with Crippen LogP contribution in [0.15, 0.2) is 48.5 Å². The molecular weight excluding hydrogens is 348 g/mol. The zero-order valence-electron chi connectivity index (χ0n) is 16.4. The molecule has 1 atom stereocenters. The molecule has 0 fully saturated rings. The van der Waals surface area contributed by atoms with Gasteiger partial charge in [0.25, 0.3) is 0 Å². The second-order valence-corrected chi connectivity index (χ2v) is 8.02. The Balaban J connectivity index is 1.37. The largest absolute Gasteiger partial charge is 0.445 e. The van der Waals surface area contributed by atoms with Gasteiger partial charge in [-0.1, -0.05) is 48.5 Å². The first-order chi connectivity index (χ1) is 13.7. The van der Waals surface area contributed by atoms with Crippen LogP contribution in [0.2, 0.25) is 0 Å². The molecule has 144 valence electrons. The number of benzene rings is 2. The normalized spacial score (nSPS) is 18.6. The van der Waals surface area contributed by atoms with Crippen molar-refractivity contribution < 1.29 is 9.53 Å². The Labute approximate surface area is 165 Å². The van der Waals surface area contributed by atoms with Crippen LogP contribution in [-0.4, -0.2) is 28.6 Å². The Kier molecular flexibility index (Phi) is 4.34. The molecule has 3 heterocycles. The minimum atomic E-state index is -0.203. The van der Waals surface area contributed by atoms with Crippen molar-refractivity contribution in [1.82, 2.24) is 9.47 Å². The lowest BCUT2D eigenvalue weighted by Crippen LogP contribution is -2.34. The molecule has 0 bridgehead atoms. The summed E-state index contributed by atoms with van der Waals surface area (Å²) in [5, 5.41) is 1.39. The van der Waals surface area contributed by atoms with Gasteiger partial charge in [0.1, 0.15) is 6.61 Å². The number of nitrogens with zero attached hydrogens (tertiary/aromatic N) is 2. The highest BCUT2D eigenvalue weighted by atomic mass is 16.6. The number of amides is 1. The van der Waals surface area contributed by atoms with Crippen molar-refractivity contribution in [2.24, 2.45) is 0 Å². The van der Waals surface area contributed by atoms with Crippen molar-refractivity contribution in [3.05, 3.63) is 70.9 Å². The van der Waals surface area contributed by atoms with Gasteiger partial charge in [0.15, 0.2) is 0 Å². The van der Waals surface area contributed by atoms with Crippen LogP contribution >= 0.6 is 0 Å². The molecule has 2 aliphatic rings. The fraction of sp³-hybridized carbons (Fsp3) is 0.375. The average molecular weight is 374 g/mol. The van der Waals surface area contributed by atoms with E-state index in [0.29, 0.717) is 12.6 Å². The van der Waals surface area contributed by atoms with Gasteiger partial charge in [-0.05, 0) is 42.9 Å². The first-order valence-corrected chi connectivity index (χ1v) is 10.3. The Hall–Kier alpha value is -2.75. The van der Waals surface area contributed by atoms with E-state index >= 15 is 0 Å². The maximum absolute atomic E-state index is 12.6. The van der Waals surface area contributed by atoms with Crippen LogP contribution in [0.4, 0.5) is 4.79 Å². The quantitative estimate of drug-likeness (QED) is 0.640. The number of hydrogen-bond acceptors (Lipinski definition) is 2. The molecule has 2 aromatic carbocycles. The van der Waals surface area contributed by atoms with Crippen LogP contribution in [-0.2, 0) is 30.6 Å². The van der Waals surface area contributed by atoms with Crippen molar-refractivity contribution in [3.63, 3.8) is 0 Å². The van der Waals surface area contributed by atoms with Gasteiger partial charge in [0.2, 0.25) is 0 Å². The predicted octanol–water partition coefficient (Wildman–Crippen LogP) is 4.89. The molecule has 0 spiro atoms. The zero-order valence-corrected chi connectivity index (χ0v) is 16.4. The van der Waals surface area contributed by atoms with E-state index in [9.17, 15) is 4.79 Å². The van der Waals surface area contributed by atoms with E-state index in [0.717, 1.165) is 31.5 Å². The van der Waals surface area contributed by atoms with E-state index in [1.165, 1.54) is 40.6 Å².